The van der Waals surface area contributed by atoms with Crippen molar-refractivity contribution in [1.29, 1.82) is 0 Å². The van der Waals surface area contributed by atoms with E-state index in [1.54, 1.807) is 48.5 Å². The molecule has 3 rings (SSSR count). The van der Waals surface area contributed by atoms with Gasteiger partial charge in [0.1, 0.15) is 11.5 Å². The molecule has 0 aliphatic rings. The summed E-state index contributed by atoms with van der Waals surface area (Å²) in [5.74, 6) is 0.652. The Hall–Kier alpha value is -3.74. The minimum atomic E-state index is -0.385. The van der Waals surface area contributed by atoms with Gasteiger partial charge in [0, 0.05) is 17.3 Å². The van der Waals surface area contributed by atoms with E-state index in [1.807, 2.05) is 20.8 Å². The van der Waals surface area contributed by atoms with Crippen LogP contribution in [0.3, 0.4) is 0 Å². The van der Waals surface area contributed by atoms with Crippen LogP contribution >= 0.6 is 0 Å². The molecule has 1 heterocycles. The highest BCUT2D eigenvalue weighted by molar-refractivity contribution is 6.07. The first-order chi connectivity index (χ1) is 14.5. The fraction of sp³-hybridized carbons (Fsp3) is 0.217. The number of rotatable bonds is 8. The molecule has 0 saturated heterocycles. The van der Waals surface area contributed by atoms with Gasteiger partial charge >= 0.3 is 0 Å². The predicted molar refractivity (Wildman–Crippen MR) is 115 cm³/mol. The summed E-state index contributed by atoms with van der Waals surface area (Å²) in [5, 5.41) is 5.63. The lowest BCUT2D eigenvalue weighted by Gasteiger charge is -2.14. The van der Waals surface area contributed by atoms with E-state index < -0.39 is 0 Å². The highest BCUT2D eigenvalue weighted by Crippen LogP contribution is 2.30. The van der Waals surface area contributed by atoms with Crippen molar-refractivity contribution >= 4 is 23.2 Å². The van der Waals surface area contributed by atoms with Crippen LogP contribution in [0.2, 0.25) is 0 Å². The Morgan fingerprint density at radius 3 is 2.37 bits per heavy atom. The van der Waals surface area contributed by atoms with Gasteiger partial charge in [0.25, 0.3) is 11.8 Å². The summed E-state index contributed by atoms with van der Waals surface area (Å²) >= 11 is 0. The van der Waals surface area contributed by atoms with Crippen molar-refractivity contribution in [1.82, 2.24) is 0 Å². The average Bonchev–Trinajstić information content (AvgIpc) is 3.27. The number of carbonyl (C=O) groups is 2. The predicted octanol–water partition coefficient (Wildman–Crippen LogP) is 4.89. The zero-order chi connectivity index (χ0) is 21.5. The van der Waals surface area contributed by atoms with Crippen molar-refractivity contribution in [3.63, 3.8) is 0 Å². The van der Waals surface area contributed by atoms with E-state index >= 15 is 0 Å². The lowest BCUT2D eigenvalue weighted by molar-refractivity contribution is 0.0993. The van der Waals surface area contributed by atoms with Gasteiger partial charge in [0.2, 0.25) is 0 Å². The van der Waals surface area contributed by atoms with Crippen LogP contribution in [0.15, 0.2) is 59.2 Å². The van der Waals surface area contributed by atoms with Gasteiger partial charge in [-0.25, -0.2) is 0 Å². The quantitative estimate of drug-likeness (QED) is 0.554. The normalized spacial score (nSPS) is 10.4. The monoisotopic (exact) mass is 408 g/mol. The molecule has 7 heteroatoms. The summed E-state index contributed by atoms with van der Waals surface area (Å²) in [6.07, 6.45) is 1.43. The van der Waals surface area contributed by atoms with Crippen LogP contribution in [-0.2, 0) is 0 Å². The van der Waals surface area contributed by atoms with E-state index in [2.05, 4.69) is 10.6 Å². The average molecular weight is 408 g/mol. The SMILES string of the molecule is CCOc1ccc(OCC)c(NC(=O)c2ccc(C)c(NC(=O)c3ccco3)c2)c1. The van der Waals surface area contributed by atoms with E-state index in [0.29, 0.717) is 41.7 Å². The van der Waals surface area contributed by atoms with E-state index in [9.17, 15) is 9.59 Å². The number of benzene rings is 2. The van der Waals surface area contributed by atoms with Gasteiger partial charge in [-0.2, -0.15) is 0 Å². The molecule has 3 aromatic rings. The molecule has 156 valence electrons. The van der Waals surface area contributed by atoms with Gasteiger partial charge in [0.05, 0.1) is 25.2 Å². The van der Waals surface area contributed by atoms with Crippen molar-refractivity contribution in [2.24, 2.45) is 0 Å². The van der Waals surface area contributed by atoms with Gasteiger partial charge in [-0.1, -0.05) is 6.07 Å². The largest absolute Gasteiger partial charge is 0.494 e. The van der Waals surface area contributed by atoms with Gasteiger partial charge < -0.3 is 24.5 Å². The molecule has 0 spiro atoms. The molecule has 0 aliphatic heterocycles. The molecule has 0 fully saturated rings. The third kappa shape index (κ3) is 5.00. The van der Waals surface area contributed by atoms with Gasteiger partial charge in [-0.15, -0.1) is 0 Å². The van der Waals surface area contributed by atoms with Gasteiger partial charge in [-0.05, 0) is 62.7 Å². The van der Waals surface area contributed by atoms with Crippen molar-refractivity contribution in [3.05, 3.63) is 71.7 Å². The highest BCUT2D eigenvalue weighted by atomic mass is 16.5. The van der Waals surface area contributed by atoms with Crippen molar-refractivity contribution in [2.45, 2.75) is 20.8 Å². The van der Waals surface area contributed by atoms with E-state index in [1.165, 1.54) is 6.26 Å². The number of amides is 2. The molecule has 2 amide bonds. The number of furan rings is 1. The second-order valence-corrected chi connectivity index (χ2v) is 6.44. The minimum absolute atomic E-state index is 0.193. The van der Waals surface area contributed by atoms with Crippen LogP contribution in [-0.4, -0.2) is 25.0 Å². The molecule has 30 heavy (non-hydrogen) atoms. The Labute approximate surface area is 175 Å². The molecule has 0 radical (unpaired) electrons. The van der Waals surface area contributed by atoms with Crippen LogP contribution in [0.1, 0.15) is 40.3 Å². The Morgan fingerprint density at radius 2 is 1.67 bits per heavy atom. The molecule has 0 atom stereocenters. The van der Waals surface area contributed by atoms with Crippen LogP contribution in [0, 0.1) is 6.92 Å². The van der Waals surface area contributed by atoms with Crippen LogP contribution in [0.5, 0.6) is 11.5 Å². The maximum Gasteiger partial charge on any atom is 0.291 e. The Balaban J connectivity index is 1.82. The summed E-state index contributed by atoms with van der Waals surface area (Å²) in [5.41, 5.74) is 2.24. The van der Waals surface area contributed by atoms with Crippen LogP contribution in [0.4, 0.5) is 11.4 Å². The fourth-order valence-corrected chi connectivity index (χ4v) is 2.83. The lowest BCUT2D eigenvalue weighted by atomic mass is 10.1. The number of carbonyl (C=O) groups excluding carboxylic acids is 2. The maximum atomic E-state index is 12.9. The van der Waals surface area contributed by atoms with Crippen molar-refractivity contribution in [3.8, 4) is 11.5 Å². The number of hydrogen-bond donors (Lipinski definition) is 2. The second kappa shape index (κ2) is 9.65. The van der Waals surface area contributed by atoms with Gasteiger partial charge in [-0.3, -0.25) is 9.59 Å². The molecule has 2 aromatic carbocycles. The Bertz CT molecular complexity index is 1030. The third-order valence-corrected chi connectivity index (χ3v) is 4.30. The zero-order valence-corrected chi connectivity index (χ0v) is 17.2. The van der Waals surface area contributed by atoms with E-state index in [4.69, 9.17) is 13.9 Å². The molecule has 0 bridgehead atoms. The number of nitrogens with one attached hydrogen (secondary N) is 2. The van der Waals surface area contributed by atoms with E-state index in [0.717, 1.165) is 5.56 Å². The molecule has 1 aromatic heterocycles. The number of aryl methyl sites for hydroxylation is 1. The summed E-state index contributed by atoms with van der Waals surface area (Å²) in [6, 6.07) is 13.6. The standard InChI is InChI=1S/C23H24N2O5/c1-4-28-17-10-11-20(29-5-2)19(14-17)25-22(26)16-9-8-15(3)18(13-16)24-23(27)21-7-6-12-30-21/h6-14H,4-5H2,1-3H3,(H,24,27)(H,25,26). The highest BCUT2D eigenvalue weighted by Gasteiger charge is 2.15. The van der Waals surface area contributed by atoms with Crippen LogP contribution in [0.25, 0.3) is 0 Å². The number of ether oxygens (including phenoxy) is 2. The second-order valence-electron chi connectivity index (χ2n) is 6.44. The van der Waals surface area contributed by atoms with Crippen molar-refractivity contribution < 1.29 is 23.5 Å². The Kier molecular flexibility index (Phi) is 6.75. The summed E-state index contributed by atoms with van der Waals surface area (Å²) in [4.78, 5) is 25.2. The third-order valence-electron chi connectivity index (χ3n) is 4.30. The molecule has 0 aliphatic carbocycles. The first kappa shape index (κ1) is 21.0. The molecule has 0 saturated carbocycles. The molecular weight excluding hydrogens is 384 g/mol. The number of hydrogen-bond acceptors (Lipinski definition) is 5. The maximum absolute atomic E-state index is 12.9. The molecule has 7 nitrogen and oxygen atoms in total. The molecule has 2 N–H and O–H groups in total. The summed E-state index contributed by atoms with van der Waals surface area (Å²) in [7, 11) is 0. The zero-order valence-electron chi connectivity index (χ0n) is 17.2. The Morgan fingerprint density at radius 1 is 0.900 bits per heavy atom. The molecular formula is C23H24N2O5. The summed E-state index contributed by atoms with van der Waals surface area (Å²) in [6.45, 7) is 6.58. The smallest absolute Gasteiger partial charge is 0.291 e. The molecule has 0 unspecified atom stereocenters. The van der Waals surface area contributed by atoms with Crippen LogP contribution < -0.4 is 20.1 Å². The number of anilines is 2. The fourth-order valence-electron chi connectivity index (χ4n) is 2.83. The summed E-state index contributed by atoms with van der Waals surface area (Å²) < 4.78 is 16.2. The lowest BCUT2D eigenvalue weighted by Crippen LogP contribution is -2.15. The minimum Gasteiger partial charge on any atom is -0.494 e. The van der Waals surface area contributed by atoms with Gasteiger partial charge in [0.15, 0.2) is 5.76 Å². The first-order valence-electron chi connectivity index (χ1n) is 9.68. The van der Waals surface area contributed by atoms with Crippen molar-refractivity contribution in [2.75, 3.05) is 23.8 Å². The first-order valence-corrected chi connectivity index (χ1v) is 9.68. The van der Waals surface area contributed by atoms with E-state index in [-0.39, 0.29) is 17.6 Å². The topological polar surface area (TPSA) is 89.8 Å².